The van der Waals surface area contributed by atoms with Gasteiger partial charge in [-0.05, 0) is 26.7 Å². The Morgan fingerprint density at radius 3 is 1.52 bits per heavy atom. The van der Waals surface area contributed by atoms with Crippen molar-refractivity contribution in [1.29, 1.82) is 0 Å². The van der Waals surface area contributed by atoms with Gasteiger partial charge in [-0.1, -0.05) is 104 Å². The number of unbranched alkanes of at least 4 members (excludes halogenated alkanes) is 13. The van der Waals surface area contributed by atoms with Gasteiger partial charge in [0.05, 0.1) is 12.0 Å². The van der Waals surface area contributed by atoms with Crippen molar-refractivity contribution in [1.82, 2.24) is 0 Å². The van der Waals surface area contributed by atoms with Crippen LogP contribution < -0.4 is 5.73 Å². The second-order valence-corrected chi connectivity index (χ2v) is 8.37. The molecule has 3 heteroatoms. The molecule has 2 unspecified atom stereocenters. The second-order valence-electron chi connectivity index (χ2n) is 8.37. The van der Waals surface area contributed by atoms with E-state index < -0.39 is 5.41 Å². The highest BCUT2D eigenvalue weighted by Gasteiger charge is 2.41. The maximum atomic E-state index is 12.4. The molecule has 0 fully saturated rings. The van der Waals surface area contributed by atoms with Crippen LogP contribution in [-0.2, 0) is 9.53 Å². The molecule has 0 bridgehead atoms. The third kappa shape index (κ3) is 11.8. The quantitative estimate of drug-likeness (QED) is 0.190. The highest BCUT2D eigenvalue weighted by atomic mass is 16.5. The van der Waals surface area contributed by atoms with E-state index in [1.54, 1.807) is 0 Å². The smallest absolute Gasteiger partial charge is 0.313 e. The minimum atomic E-state index is -0.493. The Morgan fingerprint density at radius 2 is 1.19 bits per heavy atom. The molecular weight excluding hydrogens is 334 g/mol. The van der Waals surface area contributed by atoms with Crippen LogP contribution in [0, 0.1) is 5.41 Å². The van der Waals surface area contributed by atoms with Crippen molar-refractivity contribution < 1.29 is 9.53 Å². The zero-order chi connectivity index (χ0) is 20.4. The van der Waals surface area contributed by atoms with Crippen molar-refractivity contribution in [3.8, 4) is 0 Å². The Labute approximate surface area is 170 Å². The largest absolute Gasteiger partial charge is 0.466 e. The number of esters is 1. The molecule has 0 aliphatic heterocycles. The molecule has 162 valence electrons. The van der Waals surface area contributed by atoms with Gasteiger partial charge in [0.25, 0.3) is 0 Å². The van der Waals surface area contributed by atoms with Gasteiger partial charge in [-0.15, -0.1) is 0 Å². The lowest BCUT2D eigenvalue weighted by Gasteiger charge is -2.34. The average Bonchev–Trinajstić information content (AvgIpc) is 2.65. The Kier molecular flexibility index (Phi) is 17.2. The standard InChI is InChI=1S/C24H49NO2/c1-5-8-9-10-11-12-13-14-15-16-17-18-19-20-21-24(6-2,22(4)25)23(26)27-7-3/h22H,5-21,25H2,1-4H3. The molecule has 0 amide bonds. The summed E-state index contributed by atoms with van der Waals surface area (Å²) in [5, 5.41) is 0. The SMILES string of the molecule is CCCCCCCCCCCCCCCCC(CC)(C(=O)OCC)C(C)N. The van der Waals surface area contributed by atoms with E-state index in [0.29, 0.717) is 6.61 Å². The van der Waals surface area contributed by atoms with Crippen LogP contribution in [-0.4, -0.2) is 18.6 Å². The fourth-order valence-corrected chi connectivity index (χ4v) is 4.07. The van der Waals surface area contributed by atoms with E-state index in [0.717, 1.165) is 19.3 Å². The molecule has 0 spiro atoms. The summed E-state index contributed by atoms with van der Waals surface area (Å²) in [7, 11) is 0. The number of nitrogens with two attached hydrogens (primary N) is 1. The minimum Gasteiger partial charge on any atom is -0.466 e. The summed E-state index contributed by atoms with van der Waals surface area (Å²) in [6.07, 6.45) is 20.5. The van der Waals surface area contributed by atoms with Crippen molar-refractivity contribution in [2.75, 3.05) is 6.61 Å². The highest BCUT2D eigenvalue weighted by molar-refractivity contribution is 5.77. The molecule has 0 radical (unpaired) electrons. The zero-order valence-electron chi connectivity index (χ0n) is 19.0. The molecule has 2 atom stereocenters. The van der Waals surface area contributed by atoms with Gasteiger partial charge in [0.2, 0.25) is 0 Å². The predicted octanol–water partition coefficient (Wildman–Crippen LogP) is 7.16. The van der Waals surface area contributed by atoms with Crippen LogP contribution in [0.25, 0.3) is 0 Å². The van der Waals surface area contributed by atoms with Crippen LogP contribution >= 0.6 is 0 Å². The number of rotatable bonds is 19. The van der Waals surface area contributed by atoms with E-state index in [-0.39, 0.29) is 12.0 Å². The molecule has 0 saturated heterocycles. The fourth-order valence-electron chi connectivity index (χ4n) is 4.07. The first kappa shape index (κ1) is 26.4. The van der Waals surface area contributed by atoms with Gasteiger partial charge in [-0.2, -0.15) is 0 Å². The fraction of sp³-hybridized carbons (Fsp3) is 0.958. The van der Waals surface area contributed by atoms with Crippen LogP contribution in [0.5, 0.6) is 0 Å². The summed E-state index contributed by atoms with van der Waals surface area (Å²) in [4.78, 5) is 12.4. The molecule has 27 heavy (non-hydrogen) atoms. The number of ether oxygens (including phenoxy) is 1. The van der Waals surface area contributed by atoms with Gasteiger partial charge in [-0.3, -0.25) is 4.79 Å². The van der Waals surface area contributed by atoms with Gasteiger partial charge in [0, 0.05) is 6.04 Å². The van der Waals surface area contributed by atoms with Gasteiger partial charge >= 0.3 is 5.97 Å². The number of carbonyl (C=O) groups is 1. The van der Waals surface area contributed by atoms with Gasteiger partial charge in [0.1, 0.15) is 0 Å². The van der Waals surface area contributed by atoms with E-state index >= 15 is 0 Å². The van der Waals surface area contributed by atoms with Gasteiger partial charge in [-0.25, -0.2) is 0 Å². The zero-order valence-corrected chi connectivity index (χ0v) is 19.0. The third-order valence-electron chi connectivity index (χ3n) is 6.16. The minimum absolute atomic E-state index is 0.0998. The van der Waals surface area contributed by atoms with Gasteiger partial charge in [0.15, 0.2) is 0 Å². The molecule has 3 nitrogen and oxygen atoms in total. The summed E-state index contributed by atoms with van der Waals surface area (Å²) in [5.74, 6) is -0.0998. The monoisotopic (exact) mass is 383 g/mol. The van der Waals surface area contributed by atoms with Crippen molar-refractivity contribution in [3.63, 3.8) is 0 Å². The normalized spacial score (nSPS) is 14.7. The number of hydrogen-bond acceptors (Lipinski definition) is 3. The molecule has 0 rings (SSSR count). The molecule has 2 N–H and O–H groups in total. The number of carbonyl (C=O) groups excluding carboxylic acids is 1. The summed E-state index contributed by atoms with van der Waals surface area (Å²) in [6, 6.07) is -0.150. The van der Waals surface area contributed by atoms with Crippen molar-refractivity contribution in [3.05, 3.63) is 0 Å². The molecule has 0 aliphatic rings. The topological polar surface area (TPSA) is 52.3 Å². The van der Waals surface area contributed by atoms with E-state index in [1.165, 1.54) is 83.5 Å². The van der Waals surface area contributed by atoms with E-state index in [9.17, 15) is 4.79 Å². The molecule has 0 heterocycles. The highest BCUT2D eigenvalue weighted by Crippen LogP contribution is 2.34. The van der Waals surface area contributed by atoms with Crippen LogP contribution in [0.1, 0.15) is 130 Å². The van der Waals surface area contributed by atoms with Crippen molar-refractivity contribution in [2.45, 2.75) is 136 Å². The number of hydrogen-bond donors (Lipinski definition) is 1. The summed E-state index contributed by atoms with van der Waals surface area (Å²) in [5.41, 5.74) is 5.67. The first-order chi connectivity index (χ1) is 13.0. The van der Waals surface area contributed by atoms with Crippen molar-refractivity contribution >= 4 is 5.97 Å². The predicted molar refractivity (Wildman–Crippen MR) is 118 cm³/mol. The summed E-state index contributed by atoms with van der Waals surface area (Å²) < 4.78 is 5.31. The van der Waals surface area contributed by atoms with Gasteiger partial charge < -0.3 is 10.5 Å². The Bertz CT molecular complexity index is 343. The molecule has 0 aromatic carbocycles. The first-order valence-corrected chi connectivity index (χ1v) is 12.0. The molecule has 0 aliphatic carbocycles. The molecule has 0 aromatic heterocycles. The first-order valence-electron chi connectivity index (χ1n) is 12.0. The second kappa shape index (κ2) is 17.5. The third-order valence-corrected chi connectivity index (χ3v) is 6.16. The van der Waals surface area contributed by atoms with Crippen LogP contribution in [0.4, 0.5) is 0 Å². The lowest BCUT2D eigenvalue weighted by Crippen LogP contribution is -2.46. The molecule has 0 saturated carbocycles. The maximum absolute atomic E-state index is 12.4. The van der Waals surface area contributed by atoms with Crippen LogP contribution in [0.15, 0.2) is 0 Å². The molecular formula is C24H49NO2. The Morgan fingerprint density at radius 1 is 0.778 bits per heavy atom. The molecule has 0 aromatic rings. The summed E-state index contributed by atoms with van der Waals surface area (Å²) >= 11 is 0. The Balaban J connectivity index is 3.70. The average molecular weight is 384 g/mol. The van der Waals surface area contributed by atoms with E-state index in [2.05, 4.69) is 13.8 Å². The van der Waals surface area contributed by atoms with Crippen LogP contribution in [0.3, 0.4) is 0 Å². The lowest BCUT2D eigenvalue weighted by atomic mass is 9.74. The van der Waals surface area contributed by atoms with E-state index in [4.69, 9.17) is 10.5 Å². The Hall–Kier alpha value is -0.570. The summed E-state index contributed by atoms with van der Waals surface area (Å²) in [6.45, 7) is 8.59. The van der Waals surface area contributed by atoms with Crippen molar-refractivity contribution in [2.24, 2.45) is 11.1 Å². The van der Waals surface area contributed by atoms with Crippen LogP contribution in [0.2, 0.25) is 0 Å². The lowest BCUT2D eigenvalue weighted by molar-refractivity contribution is -0.157. The maximum Gasteiger partial charge on any atom is 0.313 e. The van der Waals surface area contributed by atoms with E-state index in [1.807, 2.05) is 13.8 Å².